The lowest BCUT2D eigenvalue weighted by Crippen LogP contribution is -2.54. The van der Waals surface area contributed by atoms with Crippen LogP contribution in [0, 0.1) is 6.92 Å². The van der Waals surface area contributed by atoms with Crippen molar-refractivity contribution < 1.29 is 23.1 Å². The Morgan fingerprint density at radius 3 is 2.17 bits per heavy atom. The maximum atomic E-state index is 12.8. The van der Waals surface area contributed by atoms with Gasteiger partial charge in [-0.05, 0) is 33.8 Å². The third-order valence-electron chi connectivity index (χ3n) is 4.15. The number of nitrogens with zero attached hydrogens (tertiary/aromatic N) is 3. The number of amides is 1. The van der Waals surface area contributed by atoms with E-state index in [-0.39, 0.29) is 24.3 Å². The largest absolute Gasteiger partial charge is 0.417 e. The van der Waals surface area contributed by atoms with Crippen molar-refractivity contribution in [1.82, 2.24) is 14.7 Å². The first kappa shape index (κ1) is 17.8. The number of hydrogen-bond acceptors (Lipinski definition) is 3. The lowest BCUT2D eigenvalue weighted by Gasteiger charge is -2.38. The van der Waals surface area contributed by atoms with Gasteiger partial charge in [-0.2, -0.15) is 18.3 Å². The molecule has 1 aliphatic heterocycles. The summed E-state index contributed by atoms with van der Waals surface area (Å²) in [5.41, 5.74) is -1.97. The fourth-order valence-electron chi connectivity index (χ4n) is 2.78. The van der Waals surface area contributed by atoms with E-state index in [0.717, 1.165) is 5.69 Å². The van der Waals surface area contributed by atoms with Gasteiger partial charge in [0.05, 0.1) is 5.54 Å². The highest BCUT2D eigenvalue weighted by molar-refractivity contribution is 5.92. The average molecular weight is 333 g/mol. The Labute approximate surface area is 133 Å². The molecule has 0 aromatic carbocycles. The Morgan fingerprint density at radius 1 is 1.26 bits per heavy atom. The summed E-state index contributed by atoms with van der Waals surface area (Å²) in [6, 6.07) is 1.64. The van der Waals surface area contributed by atoms with Crippen molar-refractivity contribution in [1.29, 1.82) is 0 Å². The number of carbonyl (C=O) groups excluding carboxylic acids is 1. The minimum absolute atomic E-state index is 0.143. The summed E-state index contributed by atoms with van der Waals surface area (Å²) >= 11 is 0. The van der Waals surface area contributed by atoms with Crippen molar-refractivity contribution in [3.8, 4) is 0 Å². The molecule has 5 nitrogen and oxygen atoms in total. The SMILES string of the molecule is Cc1cc(C(=O)N2CCC(O)(C(F)(F)F)CC2)nn1C(C)(C)C. The molecule has 1 amide bonds. The van der Waals surface area contributed by atoms with Gasteiger partial charge >= 0.3 is 6.18 Å². The molecule has 0 bridgehead atoms. The maximum Gasteiger partial charge on any atom is 0.417 e. The second-order valence-electron chi connectivity index (χ2n) is 7.08. The quantitative estimate of drug-likeness (QED) is 0.859. The fourth-order valence-corrected chi connectivity index (χ4v) is 2.78. The molecule has 0 radical (unpaired) electrons. The van der Waals surface area contributed by atoms with Crippen molar-refractivity contribution in [3.63, 3.8) is 0 Å². The molecular weight excluding hydrogens is 311 g/mol. The summed E-state index contributed by atoms with van der Waals surface area (Å²) in [4.78, 5) is 13.8. The van der Waals surface area contributed by atoms with Crippen LogP contribution in [0.15, 0.2) is 6.07 Å². The van der Waals surface area contributed by atoms with Crippen LogP contribution in [-0.4, -0.2) is 50.6 Å². The molecule has 0 atom stereocenters. The zero-order valence-electron chi connectivity index (χ0n) is 13.7. The summed E-state index contributed by atoms with van der Waals surface area (Å²) in [5, 5.41) is 13.9. The van der Waals surface area contributed by atoms with E-state index >= 15 is 0 Å². The van der Waals surface area contributed by atoms with Gasteiger partial charge < -0.3 is 10.0 Å². The highest BCUT2D eigenvalue weighted by Gasteiger charge is 2.55. The number of rotatable bonds is 1. The third kappa shape index (κ3) is 3.36. The smallest absolute Gasteiger partial charge is 0.380 e. The number of halogens is 3. The van der Waals surface area contributed by atoms with Gasteiger partial charge in [0.1, 0.15) is 0 Å². The maximum absolute atomic E-state index is 12.8. The standard InChI is InChI=1S/C15H22F3N3O2/c1-10-9-11(19-21(10)13(2,3)4)12(22)20-7-5-14(23,6-8-20)15(16,17)18/h9,23H,5-8H2,1-4H3. The van der Waals surface area contributed by atoms with Crippen LogP contribution in [-0.2, 0) is 5.54 Å². The van der Waals surface area contributed by atoms with E-state index in [9.17, 15) is 23.1 Å². The third-order valence-corrected chi connectivity index (χ3v) is 4.15. The van der Waals surface area contributed by atoms with Gasteiger partial charge in [-0.3, -0.25) is 9.48 Å². The zero-order chi connectivity index (χ0) is 17.6. The van der Waals surface area contributed by atoms with Crippen LogP contribution in [0.5, 0.6) is 0 Å². The van der Waals surface area contributed by atoms with Crippen molar-refractivity contribution in [2.45, 2.75) is 57.9 Å². The van der Waals surface area contributed by atoms with Crippen LogP contribution in [0.25, 0.3) is 0 Å². The minimum Gasteiger partial charge on any atom is -0.380 e. The van der Waals surface area contributed by atoms with E-state index < -0.39 is 30.5 Å². The van der Waals surface area contributed by atoms with E-state index in [2.05, 4.69) is 5.10 Å². The van der Waals surface area contributed by atoms with Crippen molar-refractivity contribution in [2.75, 3.05) is 13.1 Å². The molecule has 0 aliphatic carbocycles. The Balaban J connectivity index is 2.12. The highest BCUT2D eigenvalue weighted by Crippen LogP contribution is 2.38. The molecule has 2 heterocycles. The summed E-state index contributed by atoms with van der Waals surface area (Å²) in [5.74, 6) is -0.402. The summed E-state index contributed by atoms with van der Waals surface area (Å²) < 4.78 is 40.1. The Morgan fingerprint density at radius 2 is 1.78 bits per heavy atom. The molecule has 1 fully saturated rings. The van der Waals surface area contributed by atoms with Crippen LogP contribution in [0.1, 0.15) is 49.8 Å². The molecule has 1 aromatic rings. The molecule has 0 spiro atoms. The molecule has 8 heteroatoms. The highest BCUT2D eigenvalue weighted by atomic mass is 19.4. The summed E-state index contributed by atoms with van der Waals surface area (Å²) in [6.07, 6.45) is -5.70. The molecule has 0 unspecified atom stereocenters. The minimum atomic E-state index is -4.67. The molecule has 2 rings (SSSR count). The number of aryl methyl sites for hydroxylation is 1. The molecule has 1 saturated heterocycles. The first-order chi connectivity index (χ1) is 10.3. The van der Waals surface area contributed by atoms with Crippen LogP contribution in [0.2, 0.25) is 0 Å². The van der Waals surface area contributed by atoms with Gasteiger partial charge in [0.25, 0.3) is 5.91 Å². The zero-order valence-corrected chi connectivity index (χ0v) is 13.7. The molecule has 130 valence electrons. The Hall–Kier alpha value is -1.57. The van der Waals surface area contributed by atoms with E-state index in [0.29, 0.717) is 0 Å². The van der Waals surface area contributed by atoms with Gasteiger partial charge in [-0.1, -0.05) is 0 Å². The molecule has 23 heavy (non-hydrogen) atoms. The van der Waals surface area contributed by atoms with E-state index in [1.807, 2.05) is 27.7 Å². The van der Waals surface area contributed by atoms with E-state index in [1.165, 1.54) is 4.90 Å². The topological polar surface area (TPSA) is 58.4 Å². The first-order valence-electron chi connectivity index (χ1n) is 7.51. The molecule has 1 N–H and O–H groups in total. The van der Waals surface area contributed by atoms with Gasteiger partial charge in [0.15, 0.2) is 11.3 Å². The predicted octanol–water partition coefficient (Wildman–Crippen LogP) is 2.48. The fraction of sp³-hybridized carbons (Fsp3) is 0.733. The van der Waals surface area contributed by atoms with Gasteiger partial charge in [-0.15, -0.1) is 0 Å². The number of carbonyl (C=O) groups is 1. The molecular formula is C15H22F3N3O2. The van der Waals surface area contributed by atoms with E-state index in [1.54, 1.807) is 10.7 Å². The van der Waals surface area contributed by atoms with Crippen molar-refractivity contribution in [3.05, 3.63) is 17.5 Å². The number of aromatic nitrogens is 2. The van der Waals surface area contributed by atoms with Gasteiger partial charge in [0, 0.05) is 31.6 Å². The second kappa shape index (κ2) is 5.51. The van der Waals surface area contributed by atoms with Gasteiger partial charge in [-0.25, -0.2) is 0 Å². The number of aliphatic hydroxyl groups is 1. The van der Waals surface area contributed by atoms with Crippen LogP contribution >= 0.6 is 0 Å². The van der Waals surface area contributed by atoms with Crippen molar-refractivity contribution in [2.24, 2.45) is 0 Å². The molecule has 1 aromatic heterocycles. The van der Waals surface area contributed by atoms with Crippen LogP contribution in [0.3, 0.4) is 0 Å². The van der Waals surface area contributed by atoms with Gasteiger partial charge in [0.2, 0.25) is 0 Å². The Bertz CT molecular complexity index is 594. The second-order valence-corrected chi connectivity index (χ2v) is 7.08. The van der Waals surface area contributed by atoms with Crippen LogP contribution < -0.4 is 0 Å². The lowest BCUT2D eigenvalue weighted by molar-refractivity contribution is -0.271. The number of likely N-dealkylation sites (tertiary alicyclic amines) is 1. The monoisotopic (exact) mass is 333 g/mol. The normalized spacial score (nSPS) is 19.0. The van der Waals surface area contributed by atoms with Crippen LogP contribution in [0.4, 0.5) is 13.2 Å². The lowest BCUT2D eigenvalue weighted by atomic mass is 9.90. The van der Waals surface area contributed by atoms with Crippen molar-refractivity contribution >= 4 is 5.91 Å². The van der Waals surface area contributed by atoms with E-state index in [4.69, 9.17) is 0 Å². The summed E-state index contributed by atoms with van der Waals surface area (Å²) in [7, 11) is 0. The first-order valence-corrected chi connectivity index (χ1v) is 7.51. The number of hydrogen-bond donors (Lipinski definition) is 1. The Kier molecular flexibility index (Phi) is 4.26. The molecule has 0 saturated carbocycles. The number of piperidine rings is 1. The molecule has 1 aliphatic rings. The number of alkyl halides is 3. The predicted molar refractivity (Wildman–Crippen MR) is 78.1 cm³/mol. The average Bonchev–Trinajstić information content (AvgIpc) is 2.79. The summed E-state index contributed by atoms with van der Waals surface area (Å²) in [6.45, 7) is 7.39.